The van der Waals surface area contributed by atoms with E-state index in [2.05, 4.69) is 13.2 Å². The lowest BCUT2D eigenvalue weighted by Crippen LogP contribution is -2.39. The van der Waals surface area contributed by atoms with Gasteiger partial charge in [0.1, 0.15) is 0 Å². The molecule has 0 aromatic carbocycles. The Bertz CT molecular complexity index is 1720. The van der Waals surface area contributed by atoms with Gasteiger partial charge in [0.2, 0.25) is 5.91 Å². The topological polar surface area (TPSA) is 268 Å². The average molecular weight is 894 g/mol. The van der Waals surface area contributed by atoms with Crippen LogP contribution in [0.15, 0.2) is 24.3 Å². The van der Waals surface area contributed by atoms with Crippen LogP contribution in [0.1, 0.15) is 116 Å². The summed E-state index contributed by atoms with van der Waals surface area (Å²) < 4.78 is 0. The largest absolute Gasteiger partial charge is 0.481 e. The van der Waals surface area contributed by atoms with Crippen LogP contribution < -0.4 is 11.1 Å². The third-order valence-electron chi connectivity index (χ3n) is 13.6. The van der Waals surface area contributed by atoms with Crippen LogP contribution >= 0.6 is 0 Å². The van der Waals surface area contributed by atoms with Crippen LogP contribution in [0.25, 0.3) is 0 Å². The number of carboxylic acids is 2. The second-order valence-corrected chi connectivity index (χ2v) is 17.8. The monoisotopic (exact) mass is 893 g/mol. The molecular weight excluding hydrogens is 829 g/mol. The first-order valence-electron chi connectivity index (χ1n) is 22.8. The van der Waals surface area contributed by atoms with Gasteiger partial charge in [-0.3, -0.25) is 53.0 Å². The first-order chi connectivity index (χ1) is 30.6. The van der Waals surface area contributed by atoms with Gasteiger partial charge in [-0.25, -0.2) is 4.79 Å². The van der Waals surface area contributed by atoms with Crippen molar-refractivity contribution in [3.63, 3.8) is 0 Å². The van der Waals surface area contributed by atoms with E-state index in [1.165, 1.54) is 40.9 Å². The summed E-state index contributed by atoms with van der Waals surface area (Å²) in [6.07, 6.45) is 17.7. The molecule has 5 fully saturated rings. The molecular formula is C45H64BN5O13. The van der Waals surface area contributed by atoms with E-state index in [-0.39, 0.29) is 77.9 Å². The summed E-state index contributed by atoms with van der Waals surface area (Å²) in [6, 6.07) is 0. The van der Waals surface area contributed by atoms with Crippen LogP contribution in [0.4, 0.5) is 0 Å². The van der Waals surface area contributed by atoms with Gasteiger partial charge in [0.25, 0.3) is 35.4 Å². The van der Waals surface area contributed by atoms with Gasteiger partial charge in [-0.15, -0.1) is 5.06 Å². The Balaban J connectivity index is 0.000000222. The van der Waals surface area contributed by atoms with Gasteiger partial charge in [-0.1, -0.05) is 6.82 Å². The van der Waals surface area contributed by atoms with E-state index < -0.39 is 29.7 Å². The molecule has 19 heteroatoms. The number of hydrogen-bond acceptors (Lipinski definition) is 12. The van der Waals surface area contributed by atoms with Crippen LogP contribution in [0, 0.1) is 47.3 Å². The standard InChI is InChI=1S/C20H28N2O5.C16H18N2O6.C8H15NO2.CH3B/c23-17-9-10-18(24)22(17)12-14-3-5-15(6-4-14)19(25)21-11-13-1-7-16(8-2-13)20(26)27;19-12-5-6-13(20)17(12)9-10-1-3-11(4-2-10)16(23)24-18-14(21)7-8-15(18)22;9-5-6-1-3-7(4-2-6)8(10)11;1-2/h9-10,13-16H,1-8,11-12H2,(H,21,25)(H,26,27);5-6,10-11H,1-4,7-9H2;6-7H,1-5,9H2,(H,10,11);1H3. The summed E-state index contributed by atoms with van der Waals surface area (Å²) in [7, 11) is 4.50. The molecule has 2 radical (unpaired) electrons. The zero-order valence-corrected chi connectivity index (χ0v) is 36.9. The van der Waals surface area contributed by atoms with E-state index in [4.69, 9.17) is 20.8 Å². The maximum Gasteiger partial charge on any atom is 0.336 e. The number of rotatable bonds is 12. The zero-order valence-electron chi connectivity index (χ0n) is 36.9. The number of carboxylic acid groups (broad SMARTS) is 2. The SMILES string of the molecule is NCC1CCC(C(=O)O)CC1.O=C(O)C1CCC(CNC(=O)C2CCC(CN3C(=O)C=CC3=O)CC2)CC1.O=C(ON1C(=O)CCC1=O)C1CCC(CN2C(=O)C=CC2=O)CC1.[B]C. The van der Waals surface area contributed by atoms with Crippen LogP contribution in [0.3, 0.4) is 0 Å². The highest BCUT2D eigenvalue weighted by Gasteiger charge is 2.38. The van der Waals surface area contributed by atoms with Crippen molar-refractivity contribution in [2.75, 3.05) is 26.2 Å². The lowest BCUT2D eigenvalue weighted by Gasteiger charge is -2.31. The summed E-state index contributed by atoms with van der Waals surface area (Å²) in [5, 5.41) is 21.3. The number of carbonyl (C=O) groups is 10. The Morgan fingerprint density at radius 3 is 1.28 bits per heavy atom. The van der Waals surface area contributed by atoms with Gasteiger partial charge in [0.15, 0.2) is 0 Å². The third kappa shape index (κ3) is 14.9. The van der Waals surface area contributed by atoms with Crippen LogP contribution in [-0.4, -0.2) is 118 Å². The van der Waals surface area contributed by atoms with Crippen LogP contribution in [-0.2, 0) is 52.8 Å². The van der Waals surface area contributed by atoms with Gasteiger partial charge >= 0.3 is 17.9 Å². The molecule has 4 aliphatic carbocycles. The second-order valence-electron chi connectivity index (χ2n) is 17.8. The van der Waals surface area contributed by atoms with Crippen molar-refractivity contribution in [2.24, 2.45) is 53.1 Å². The molecule has 0 atom stereocenters. The van der Waals surface area contributed by atoms with Gasteiger partial charge < -0.3 is 26.1 Å². The Labute approximate surface area is 375 Å². The molecule has 18 nitrogen and oxygen atoms in total. The minimum Gasteiger partial charge on any atom is -0.481 e. The zero-order chi connectivity index (χ0) is 46.9. The van der Waals surface area contributed by atoms with Crippen LogP contribution in [0.2, 0.25) is 6.82 Å². The van der Waals surface area contributed by atoms with E-state index in [9.17, 15) is 47.9 Å². The highest BCUT2D eigenvalue weighted by atomic mass is 16.7. The first-order valence-corrected chi connectivity index (χ1v) is 22.8. The highest BCUT2D eigenvalue weighted by Crippen LogP contribution is 2.33. The fraction of sp³-hybridized carbons (Fsp3) is 0.689. The van der Waals surface area contributed by atoms with Crippen molar-refractivity contribution in [1.82, 2.24) is 20.2 Å². The van der Waals surface area contributed by atoms with Crippen molar-refractivity contribution < 1.29 is 63.0 Å². The smallest absolute Gasteiger partial charge is 0.336 e. The number of nitrogens with zero attached hydrogens (tertiary/aromatic N) is 3. The molecule has 0 spiro atoms. The fourth-order valence-electron chi connectivity index (χ4n) is 9.40. The molecule has 3 heterocycles. The lowest BCUT2D eigenvalue weighted by molar-refractivity contribution is -0.201. The van der Waals surface area contributed by atoms with Crippen molar-refractivity contribution in [3.8, 4) is 0 Å². The van der Waals surface area contributed by atoms with Gasteiger partial charge in [-0.05, 0) is 133 Å². The number of hydroxylamine groups is 2. The molecule has 64 heavy (non-hydrogen) atoms. The summed E-state index contributed by atoms with van der Waals surface area (Å²) in [4.78, 5) is 123. The molecule has 7 amide bonds. The molecule has 0 aromatic rings. The van der Waals surface area contributed by atoms with Crippen molar-refractivity contribution >= 4 is 67.1 Å². The molecule has 1 saturated heterocycles. The minimum absolute atomic E-state index is 0.000264. The molecule has 7 aliphatic rings. The maximum absolute atomic E-state index is 12.4. The quantitative estimate of drug-likeness (QED) is 0.162. The van der Waals surface area contributed by atoms with Crippen LogP contribution in [0.5, 0.6) is 0 Å². The molecule has 0 bridgehead atoms. The summed E-state index contributed by atoms with van der Waals surface area (Å²) in [5.74, 6) is -3.19. The molecule has 0 aromatic heterocycles. The summed E-state index contributed by atoms with van der Waals surface area (Å²) >= 11 is 0. The molecule has 0 unspecified atom stereocenters. The number of nitrogens with one attached hydrogen (secondary N) is 1. The highest BCUT2D eigenvalue weighted by molar-refractivity contribution is 6.13. The maximum atomic E-state index is 12.4. The molecule has 3 aliphatic heterocycles. The second kappa shape index (κ2) is 25.3. The van der Waals surface area contributed by atoms with E-state index in [1.54, 1.807) is 0 Å². The number of amides is 7. The number of carbonyl (C=O) groups excluding carboxylic acids is 8. The Hall–Kier alpha value is -5.20. The molecule has 4 saturated carbocycles. The van der Waals surface area contributed by atoms with Crippen molar-refractivity contribution in [2.45, 2.75) is 122 Å². The number of aliphatic carboxylic acids is 2. The normalized spacial score (nSPS) is 28.9. The minimum atomic E-state index is -0.706. The van der Waals surface area contributed by atoms with Gasteiger partial charge in [-0.2, -0.15) is 0 Å². The van der Waals surface area contributed by atoms with E-state index in [1.807, 2.05) is 0 Å². The lowest BCUT2D eigenvalue weighted by atomic mass is 9.80. The van der Waals surface area contributed by atoms with E-state index >= 15 is 0 Å². The Morgan fingerprint density at radius 2 is 0.906 bits per heavy atom. The van der Waals surface area contributed by atoms with Gasteiger partial charge in [0.05, 0.1) is 25.6 Å². The Morgan fingerprint density at radius 1 is 0.562 bits per heavy atom. The third-order valence-corrected chi connectivity index (χ3v) is 13.6. The van der Waals surface area contributed by atoms with E-state index in [0.717, 1.165) is 64.2 Å². The molecule has 350 valence electrons. The average Bonchev–Trinajstić information content (AvgIpc) is 3.93. The predicted octanol–water partition coefficient (Wildman–Crippen LogP) is 3.09. The fourth-order valence-corrected chi connectivity index (χ4v) is 9.40. The van der Waals surface area contributed by atoms with Crippen molar-refractivity contribution in [1.29, 1.82) is 0 Å². The van der Waals surface area contributed by atoms with Gasteiger partial charge in [0, 0.05) is 62.7 Å². The first kappa shape index (κ1) is 51.4. The number of nitrogens with two attached hydrogens (primary N) is 1. The summed E-state index contributed by atoms with van der Waals surface area (Å²) in [5.41, 5.74) is 5.48. The molecule has 5 N–H and O–H groups in total. The number of hydrogen-bond donors (Lipinski definition) is 4. The van der Waals surface area contributed by atoms with E-state index in [0.29, 0.717) is 81.6 Å². The van der Waals surface area contributed by atoms with Crippen molar-refractivity contribution in [3.05, 3.63) is 24.3 Å². The number of imide groups is 3. The predicted molar refractivity (Wildman–Crippen MR) is 230 cm³/mol. The molecule has 7 rings (SSSR count). The summed E-state index contributed by atoms with van der Waals surface area (Å²) in [6.45, 7) is 3.65. The Kier molecular flexibility index (Phi) is 20.4.